The molecule has 0 radical (unpaired) electrons. The van der Waals surface area contributed by atoms with E-state index in [2.05, 4.69) is 26.0 Å². The number of carbonyl (C=O) groups is 1. The van der Waals surface area contributed by atoms with Gasteiger partial charge in [0.2, 0.25) is 15.9 Å². The Bertz CT molecular complexity index is 885. The topological polar surface area (TPSA) is 93.7 Å². The molecule has 0 aliphatic rings. The van der Waals surface area contributed by atoms with E-state index in [9.17, 15) is 13.2 Å². The standard InChI is InChI=1S/C17H19BrN2O5S/c1-11(17(21)19-13-6-4-12(18)5-7-13)20-26(22,23)14-8-9-15(24-2)16(10-14)25-3/h4-11,20H,1-3H3,(H,19,21). The fraction of sp³-hybridized carbons (Fsp3) is 0.235. The minimum absolute atomic E-state index is 0.0292. The number of nitrogens with one attached hydrogen (secondary N) is 2. The molecular weight excluding hydrogens is 424 g/mol. The highest BCUT2D eigenvalue weighted by Gasteiger charge is 2.23. The van der Waals surface area contributed by atoms with E-state index < -0.39 is 22.0 Å². The fourth-order valence-electron chi connectivity index (χ4n) is 2.12. The molecule has 2 rings (SSSR count). The number of benzene rings is 2. The lowest BCUT2D eigenvalue weighted by molar-refractivity contribution is -0.117. The summed E-state index contributed by atoms with van der Waals surface area (Å²) in [5.41, 5.74) is 0.565. The quantitative estimate of drug-likeness (QED) is 0.687. The molecule has 0 aromatic heterocycles. The molecule has 2 aromatic rings. The normalized spacial score (nSPS) is 12.3. The highest BCUT2D eigenvalue weighted by molar-refractivity contribution is 9.10. The lowest BCUT2D eigenvalue weighted by Gasteiger charge is -2.15. The van der Waals surface area contributed by atoms with Gasteiger partial charge in [-0.05, 0) is 43.3 Å². The fourth-order valence-corrected chi connectivity index (χ4v) is 3.60. The average Bonchev–Trinajstić information content (AvgIpc) is 2.62. The number of halogens is 1. The zero-order valence-electron chi connectivity index (χ0n) is 14.4. The Labute approximate surface area is 160 Å². The molecule has 2 aromatic carbocycles. The molecule has 140 valence electrons. The van der Waals surface area contributed by atoms with Gasteiger partial charge in [-0.2, -0.15) is 4.72 Å². The molecule has 1 atom stereocenters. The number of sulfonamides is 1. The van der Waals surface area contributed by atoms with Crippen LogP contribution < -0.4 is 19.5 Å². The second-order valence-electron chi connectivity index (χ2n) is 5.36. The van der Waals surface area contributed by atoms with Crippen LogP contribution in [0.15, 0.2) is 51.8 Å². The van der Waals surface area contributed by atoms with E-state index in [1.807, 2.05) is 0 Å². The molecule has 1 amide bonds. The second kappa shape index (κ2) is 8.52. The maximum absolute atomic E-state index is 12.5. The third kappa shape index (κ3) is 4.96. The van der Waals surface area contributed by atoms with E-state index in [1.54, 1.807) is 24.3 Å². The lowest BCUT2D eigenvalue weighted by Crippen LogP contribution is -2.41. The van der Waals surface area contributed by atoms with Gasteiger partial charge in [-0.25, -0.2) is 8.42 Å². The van der Waals surface area contributed by atoms with Gasteiger partial charge in [0.05, 0.1) is 25.2 Å². The summed E-state index contributed by atoms with van der Waals surface area (Å²) in [6, 6.07) is 10.2. The van der Waals surface area contributed by atoms with Gasteiger partial charge >= 0.3 is 0 Å². The van der Waals surface area contributed by atoms with Crippen LogP contribution in [0.4, 0.5) is 5.69 Å². The summed E-state index contributed by atoms with van der Waals surface area (Å²) in [7, 11) is -1.05. The van der Waals surface area contributed by atoms with Crippen molar-refractivity contribution in [1.82, 2.24) is 4.72 Å². The first-order chi connectivity index (χ1) is 12.3. The van der Waals surface area contributed by atoms with Crippen LogP contribution in [0.25, 0.3) is 0 Å². The first kappa shape index (κ1) is 20.2. The molecule has 0 aliphatic carbocycles. The summed E-state index contributed by atoms with van der Waals surface area (Å²) in [5, 5.41) is 2.65. The first-order valence-corrected chi connectivity index (χ1v) is 9.85. The Balaban J connectivity index is 2.12. The molecule has 2 N–H and O–H groups in total. The summed E-state index contributed by atoms with van der Waals surface area (Å²) in [6.45, 7) is 1.46. The number of anilines is 1. The zero-order chi connectivity index (χ0) is 19.3. The number of hydrogen-bond donors (Lipinski definition) is 2. The van der Waals surface area contributed by atoms with Crippen molar-refractivity contribution < 1.29 is 22.7 Å². The smallest absolute Gasteiger partial charge is 0.242 e. The van der Waals surface area contributed by atoms with E-state index >= 15 is 0 Å². The Morgan fingerprint density at radius 1 is 1.04 bits per heavy atom. The van der Waals surface area contributed by atoms with Crippen molar-refractivity contribution in [2.45, 2.75) is 17.9 Å². The summed E-state index contributed by atoms with van der Waals surface area (Å²) in [6.07, 6.45) is 0. The average molecular weight is 443 g/mol. The van der Waals surface area contributed by atoms with Gasteiger partial charge in [-0.15, -0.1) is 0 Å². The molecule has 9 heteroatoms. The largest absolute Gasteiger partial charge is 0.493 e. The van der Waals surface area contributed by atoms with Crippen molar-refractivity contribution in [3.8, 4) is 11.5 Å². The molecular formula is C17H19BrN2O5S. The third-order valence-electron chi connectivity index (χ3n) is 3.50. The van der Waals surface area contributed by atoms with Crippen molar-refractivity contribution >= 4 is 37.5 Å². The van der Waals surface area contributed by atoms with Crippen molar-refractivity contribution in [2.24, 2.45) is 0 Å². The Morgan fingerprint density at radius 2 is 1.65 bits per heavy atom. The summed E-state index contributed by atoms with van der Waals surface area (Å²) in [5.74, 6) is 0.214. The molecule has 0 fully saturated rings. The number of carbonyl (C=O) groups excluding carboxylic acids is 1. The van der Waals surface area contributed by atoms with Crippen LogP contribution in [-0.2, 0) is 14.8 Å². The molecule has 0 spiro atoms. The number of amides is 1. The second-order valence-corrected chi connectivity index (χ2v) is 7.99. The number of hydrogen-bond acceptors (Lipinski definition) is 5. The Hall–Kier alpha value is -2.10. The van der Waals surface area contributed by atoms with E-state index in [0.717, 1.165) is 4.47 Å². The Morgan fingerprint density at radius 3 is 2.23 bits per heavy atom. The van der Waals surface area contributed by atoms with Crippen LogP contribution in [0.1, 0.15) is 6.92 Å². The summed E-state index contributed by atoms with van der Waals surface area (Å²) < 4.78 is 38.5. The minimum atomic E-state index is -3.91. The van der Waals surface area contributed by atoms with Crippen LogP contribution in [-0.4, -0.2) is 34.6 Å². The monoisotopic (exact) mass is 442 g/mol. The van der Waals surface area contributed by atoms with E-state index in [4.69, 9.17) is 9.47 Å². The van der Waals surface area contributed by atoms with Crippen LogP contribution >= 0.6 is 15.9 Å². The molecule has 0 saturated heterocycles. The SMILES string of the molecule is COc1ccc(S(=O)(=O)NC(C)C(=O)Nc2ccc(Br)cc2)cc1OC. The number of methoxy groups -OCH3 is 2. The van der Waals surface area contributed by atoms with Crippen molar-refractivity contribution in [3.63, 3.8) is 0 Å². The van der Waals surface area contributed by atoms with E-state index in [-0.39, 0.29) is 10.6 Å². The number of rotatable bonds is 7. The van der Waals surface area contributed by atoms with Crippen molar-refractivity contribution in [1.29, 1.82) is 0 Å². The molecule has 0 saturated carbocycles. The van der Waals surface area contributed by atoms with E-state index in [0.29, 0.717) is 11.4 Å². The maximum atomic E-state index is 12.5. The van der Waals surface area contributed by atoms with Crippen LogP contribution in [0.3, 0.4) is 0 Å². The maximum Gasteiger partial charge on any atom is 0.242 e. The Kier molecular flexibility index (Phi) is 6.63. The van der Waals surface area contributed by atoms with Gasteiger partial charge in [-0.1, -0.05) is 15.9 Å². The van der Waals surface area contributed by atoms with Gasteiger partial charge < -0.3 is 14.8 Å². The van der Waals surface area contributed by atoms with Gasteiger partial charge in [0.15, 0.2) is 11.5 Å². The highest BCUT2D eigenvalue weighted by Crippen LogP contribution is 2.29. The summed E-state index contributed by atoms with van der Waals surface area (Å²) in [4.78, 5) is 12.2. The third-order valence-corrected chi connectivity index (χ3v) is 5.57. The van der Waals surface area contributed by atoms with Gasteiger partial charge in [-0.3, -0.25) is 4.79 Å². The number of ether oxygens (including phenoxy) is 2. The molecule has 0 heterocycles. The van der Waals surface area contributed by atoms with E-state index in [1.165, 1.54) is 39.3 Å². The first-order valence-electron chi connectivity index (χ1n) is 7.57. The lowest BCUT2D eigenvalue weighted by atomic mass is 10.3. The molecule has 1 unspecified atom stereocenters. The summed E-state index contributed by atoms with van der Waals surface area (Å²) >= 11 is 3.30. The van der Waals surface area contributed by atoms with Gasteiger partial charge in [0.1, 0.15) is 0 Å². The highest BCUT2D eigenvalue weighted by atomic mass is 79.9. The van der Waals surface area contributed by atoms with Crippen LogP contribution in [0, 0.1) is 0 Å². The molecule has 7 nitrogen and oxygen atoms in total. The van der Waals surface area contributed by atoms with Crippen LogP contribution in [0.5, 0.6) is 11.5 Å². The molecule has 0 aliphatic heterocycles. The predicted octanol–water partition coefficient (Wildman–Crippen LogP) is 2.77. The minimum Gasteiger partial charge on any atom is -0.493 e. The molecule has 0 bridgehead atoms. The van der Waals surface area contributed by atoms with Gasteiger partial charge in [0.25, 0.3) is 0 Å². The van der Waals surface area contributed by atoms with Gasteiger partial charge in [0, 0.05) is 16.2 Å². The zero-order valence-corrected chi connectivity index (χ0v) is 16.8. The van der Waals surface area contributed by atoms with Crippen molar-refractivity contribution in [2.75, 3.05) is 19.5 Å². The molecule has 26 heavy (non-hydrogen) atoms. The predicted molar refractivity (Wildman–Crippen MR) is 102 cm³/mol. The van der Waals surface area contributed by atoms with Crippen LogP contribution in [0.2, 0.25) is 0 Å². The van der Waals surface area contributed by atoms with Crippen molar-refractivity contribution in [3.05, 3.63) is 46.9 Å².